The highest BCUT2D eigenvalue weighted by atomic mass is 19.1. The van der Waals surface area contributed by atoms with Gasteiger partial charge in [0.05, 0.1) is 11.6 Å². The zero-order valence-corrected chi connectivity index (χ0v) is 11.7. The quantitative estimate of drug-likeness (QED) is 0.885. The Balaban J connectivity index is 2.37. The Bertz CT molecular complexity index is 507. The molecule has 0 spiro atoms. The number of nitrogens with zero attached hydrogens (tertiary/aromatic N) is 2. The Morgan fingerprint density at radius 1 is 1.45 bits per heavy atom. The van der Waals surface area contributed by atoms with Crippen LogP contribution in [0.1, 0.15) is 36.9 Å². The molecule has 1 fully saturated rings. The fourth-order valence-electron chi connectivity index (χ4n) is 2.74. The molecule has 0 unspecified atom stereocenters. The van der Waals surface area contributed by atoms with E-state index in [0.717, 1.165) is 45.1 Å². The second kappa shape index (κ2) is 6.69. The molecule has 2 N–H and O–H groups in total. The lowest BCUT2D eigenvalue weighted by molar-refractivity contribution is 0.161. The molecule has 1 atom stereocenters. The van der Waals surface area contributed by atoms with Crippen LogP contribution in [0.25, 0.3) is 0 Å². The van der Waals surface area contributed by atoms with Crippen molar-refractivity contribution >= 4 is 0 Å². The topological polar surface area (TPSA) is 59.3 Å². The predicted octanol–water partition coefficient (Wildman–Crippen LogP) is 2.15. The molecule has 1 saturated heterocycles. The Labute approximate surface area is 118 Å². The number of rotatable bonds is 4. The summed E-state index contributed by atoms with van der Waals surface area (Å²) in [6.45, 7) is 5.57. The van der Waals surface area contributed by atoms with E-state index in [4.69, 9.17) is 5.26 Å². The van der Waals surface area contributed by atoms with Gasteiger partial charge < -0.3 is 10.4 Å². The fraction of sp³-hybridized carbons (Fsp3) is 0.533. The van der Waals surface area contributed by atoms with Gasteiger partial charge >= 0.3 is 0 Å². The molecule has 0 aliphatic carbocycles. The van der Waals surface area contributed by atoms with Gasteiger partial charge in [-0.15, -0.1) is 0 Å². The molecule has 20 heavy (non-hydrogen) atoms. The molecule has 1 aliphatic rings. The van der Waals surface area contributed by atoms with Crippen molar-refractivity contribution in [1.29, 1.82) is 5.26 Å². The standard InChI is InChI=1S/C15H20FN3O/c1-2-3-14(19-6-4-18-5-7-19)12-8-11(10-17)9-13(16)15(12)20/h8-9,14,18,20H,2-7H2,1H3/t14-/m1/s1. The summed E-state index contributed by atoms with van der Waals surface area (Å²) in [7, 11) is 0. The number of hydrogen-bond acceptors (Lipinski definition) is 4. The van der Waals surface area contributed by atoms with Gasteiger partial charge in [0.2, 0.25) is 0 Å². The molecule has 1 aromatic rings. The van der Waals surface area contributed by atoms with E-state index in [1.165, 1.54) is 0 Å². The maximum absolute atomic E-state index is 13.8. The number of phenolic OH excluding ortho intramolecular Hbond substituents is 1. The second-order valence-corrected chi connectivity index (χ2v) is 5.10. The summed E-state index contributed by atoms with van der Waals surface area (Å²) in [6.07, 6.45) is 1.77. The maximum Gasteiger partial charge on any atom is 0.166 e. The summed E-state index contributed by atoms with van der Waals surface area (Å²) >= 11 is 0. The van der Waals surface area contributed by atoms with Crippen LogP contribution in [0.15, 0.2) is 12.1 Å². The third kappa shape index (κ3) is 3.09. The molecule has 0 aromatic heterocycles. The van der Waals surface area contributed by atoms with E-state index in [1.807, 2.05) is 6.07 Å². The van der Waals surface area contributed by atoms with Crippen molar-refractivity contribution in [2.24, 2.45) is 0 Å². The molecule has 1 heterocycles. The van der Waals surface area contributed by atoms with Crippen molar-refractivity contribution < 1.29 is 9.50 Å². The Hall–Kier alpha value is -1.64. The average Bonchev–Trinajstić information content (AvgIpc) is 2.48. The zero-order chi connectivity index (χ0) is 14.5. The van der Waals surface area contributed by atoms with Gasteiger partial charge in [0, 0.05) is 37.8 Å². The Morgan fingerprint density at radius 2 is 2.15 bits per heavy atom. The largest absolute Gasteiger partial charge is 0.505 e. The van der Waals surface area contributed by atoms with Crippen LogP contribution < -0.4 is 5.32 Å². The van der Waals surface area contributed by atoms with Crippen molar-refractivity contribution in [3.05, 3.63) is 29.1 Å². The molecule has 0 amide bonds. The molecule has 2 rings (SSSR count). The van der Waals surface area contributed by atoms with E-state index in [1.54, 1.807) is 6.07 Å². The molecule has 108 valence electrons. The van der Waals surface area contributed by atoms with Gasteiger partial charge in [-0.05, 0) is 18.6 Å². The first-order chi connectivity index (χ1) is 9.67. The summed E-state index contributed by atoms with van der Waals surface area (Å²) < 4.78 is 13.8. The molecular weight excluding hydrogens is 257 g/mol. The molecule has 4 nitrogen and oxygen atoms in total. The van der Waals surface area contributed by atoms with Gasteiger partial charge in [-0.1, -0.05) is 13.3 Å². The predicted molar refractivity (Wildman–Crippen MR) is 74.9 cm³/mol. The monoisotopic (exact) mass is 277 g/mol. The van der Waals surface area contributed by atoms with Crippen LogP contribution in [-0.4, -0.2) is 36.2 Å². The zero-order valence-electron chi connectivity index (χ0n) is 11.7. The number of phenols is 1. The van der Waals surface area contributed by atoms with E-state index in [-0.39, 0.29) is 17.4 Å². The van der Waals surface area contributed by atoms with Crippen LogP contribution in [0.5, 0.6) is 5.75 Å². The number of benzene rings is 1. The Kier molecular flexibility index (Phi) is 4.94. The highest BCUT2D eigenvalue weighted by Gasteiger charge is 2.25. The maximum atomic E-state index is 13.8. The summed E-state index contributed by atoms with van der Waals surface area (Å²) in [6, 6.07) is 4.61. The average molecular weight is 277 g/mol. The summed E-state index contributed by atoms with van der Waals surface area (Å²) in [5, 5.41) is 22.3. The van der Waals surface area contributed by atoms with Gasteiger partial charge in [0.15, 0.2) is 11.6 Å². The van der Waals surface area contributed by atoms with Gasteiger partial charge in [0.1, 0.15) is 0 Å². The van der Waals surface area contributed by atoms with E-state index in [0.29, 0.717) is 5.56 Å². The minimum atomic E-state index is -0.713. The molecule has 5 heteroatoms. The van der Waals surface area contributed by atoms with E-state index >= 15 is 0 Å². The first-order valence-corrected chi connectivity index (χ1v) is 7.04. The minimum Gasteiger partial charge on any atom is -0.505 e. The number of halogens is 1. The van der Waals surface area contributed by atoms with Crippen molar-refractivity contribution in [3.63, 3.8) is 0 Å². The Morgan fingerprint density at radius 3 is 2.75 bits per heavy atom. The number of nitriles is 1. The van der Waals surface area contributed by atoms with Crippen molar-refractivity contribution in [2.75, 3.05) is 26.2 Å². The number of nitrogens with one attached hydrogen (secondary N) is 1. The van der Waals surface area contributed by atoms with Gasteiger partial charge in [-0.2, -0.15) is 5.26 Å². The van der Waals surface area contributed by atoms with Crippen molar-refractivity contribution in [2.45, 2.75) is 25.8 Å². The number of piperazine rings is 1. The molecule has 0 saturated carbocycles. The van der Waals surface area contributed by atoms with Crippen LogP contribution >= 0.6 is 0 Å². The second-order valence-electron chi connectivity index (χ2n) is 5.10. The first-order valence-electron chi connectivity index (χ1n) is 7.04. The van der Waals surface area contributed by atoms with Crippen LogP contribution in [0, 0.1) is 17.1 Å². The van der Waals surface area contributed by atoms with E-state index in [2.05, 4.69) is 17.1 Å². The normalized spacial score (nSPS) is 17.6. The van der Waals surface area contributed by atoms with Gasteiger partial charge in [-0.3, -0.25) is 4.90 Å². The van der Waals surface area contributed by atoms with Gasteiger partial charge in [-0.25, -0.2) is 4.39 Å². The first kappa shape index (κ1) is 14.8. The lowest BCUT2D eigenvalue weighted by Gasteiger charge is -2.35. The van der Waals surface area contributed by atoms with E-state index < -0.39 is 5.82 Å². The number of hydrogen-bond donors (Lipinski definition) is 2. The fourth-order valence-corrected chi connectivity index (χ4v) is 2.74. The molecule has 0 radical (unpaired) electrons. The van der Waals surface area contributed by atoms with Gasteiger partial charge in [0.25, 0.3) is 0 Å². The molecular formula is C15H20FN3O. The van der Waals surface area contributed by atoms with Crippen LogP contribution in [0.2, 0.25) is 0 Å². The molecule has 0 bridgehead atoms. The highest BCUT2D eigenvalue weighted by molar-refractivity contribution is 5.44. The third-order valence-electron chi connectivity index (χ3n) is 3.74. The summed E-state index contributed by atoms with van der Waals surface area (Å²) in [5.74, 6) is -1.03. The summed E-state index contributed by atoms with van der Waals surface area (Å²) in [4.78, 5) is 2.25. The van der Waals surface area contributed by atoms with Crippen molar-refractivity contribution in [3.8, 4) is 11.8 Å². The third-order valence-corrected chi connectivity index (χ3v) is 3.74. The minimum absolute atomic E-state index is 0.0371. The molecule has 1 aromatic carbocycles. The van der Waals surface area contributed by atoms with Crippen LogP contribution in [-0.2, 0) is 0 Å². The lowest BCUT2D eigenvalue weighted by atomic mass is 9.97. The highest BCUT2D eigenvalue weighted by Crippen LogP contribution is 2.34. The summed E-state index contributed by atoms with van der Waals surface area (Å²) in [5.41, 5.74) is 0.789. The number of aromatic hydroxyl groups is 1. The lowest BCUT2D eigenvalue weighted by Crippen LogP contribution is -2.45. The van der Waals surface area contributed by atoms with E-state index in [9.17, 15) is 9.50 Å². The van der Waals surface area contributed by atoms with Crippen LogP contribution in [0.3, 0.4) is 0 Å². The van der Waals surface area contributed by atoms with Crippen molar-refractivity contribution in [1.82, 2.24) is 10.2 Å². The van der Waals surface area contributed by atoms with Crippen LogP contribution in [0.4, 0.5) is 4.39 Å². The molecule has 1 aliphatic heterocycles. The SMILES string of the molecule is CCC[C@H](c1cc(C#N)cc(F)c1O)N1CCNCC1. The smallest absolute Gasteiger partial charge is 0.166 e.